The second-order valence-electron chi connectivity index (χ2n) is 5.02. The number of hydrogen-bond acceptors (Lipinski definition) is 2. The van der Waals surface area contributed by atoms with Crippen LogP contribution in [-0.2, 0) is 0 Å². The molecule has 1 aromatic heterocycles. The van der Waals surface area contributed by atoms with Crippen LogP contribution in [0.1, 0.15) is 42.4 Å². The molecule has 1 N–H and O–H groups in total. The Kier molecular flexibility index (Phi) is 3.80. The van der Waals surface area contributed by atoms with E-state index in [4.69, 9.17) is 0 Å². The first-order valence-electron chi connectivity index (χ1n) is 6.56. The van der Waals surface area contributed by atoms with Crippen molar-refractivity contribution in [3.8, 4) is 0 Å². The average Bonchev–Trinajstić information content (AvgIpc) is 2.43. The van der Waals surface area contributed by atoms with Gasteiger partial charge in [0.05, 0.1) is 5.52 Å². The minimum absolute atomic E-state index is 0.0151. The number of carboxylic acid groups (broad SMARTS) is 1. The summed E-state index contributed by atoms with van der Waals surface area (Å²) in [6.45, 7) is 4.98. The first-order valence-corrected chi connectivity index (χ1v) is 6.56. The van der Waals surface area contributed by atoms with E-state index in [2.05, 4.69) is 0 Å². The van der Waals surface area contributed by atoms with Crippen LogP contribution in [0.3, 0.4) is 0 Å². The largest absolute Gasteiger partial charge is 0.477 e. The molecule has 0 radical (unpaired) electrons. The van der Waals surface area contributed by atoms with Gasteiger partial charge >= 0.3 is 5.97 Å². The monoisotopic (exact) mass is 295 g/mol. The first-order chi connectivity index (χ1) is 9.79. The van der Waals surface area contributed by atoms with Crippen LogP contribution in [0.5, 0.6) is 0 Å². The number of carboxylic acids is 1. The average molecular weight is 295 g/mol. The fourth-order valence-corrected chi connectivity index (χ4v) is 2.43. The Morgan fingerprint density at radius 2 is 1.90 bits per heavy atom. The molecule has 0 aliphatic rings. The molecule has 2 aromatic rings. The van der Waals surface area contributed by atoms with Crippen molar-refractivity contribution in [2.75, 3.05) is 0 Å². The Balaban J connectivity index is 3.10. The maximum atomic E-state index is 13.5. The lowest BCUT2D eigenvalue weighted by Crippen LogP contribution is -2.24. The molecule has 0 amide bonds. The number of hydrogen-bond donors (Lipinski definition) is 1. The molecule has 0 saturated carbocycles. The summed E-state index contributed by atoms with van der Waals surface area (Å²) in [7, 11) is 0. The summed E-state index contributed by atoms with van der Waals surface area (Å²) in [6, 6.07) is 1.43. The predicted molar refractivity (Wildman–Crippen MR) is 74.8 cm³/mol. The second kappa shape index (κ2) is 5.27. The van der Waals surface area contributed by atoms with Crippen LogP contribution in [0, 0.1) is 18.6 Å². The van der Waals surface area contributed by atoms with Crippen molar-refractivity contribution in [1.82, 2.24) is 4.57 Å². The lowest BCUT2D eigenvalue weighted by Gasteiger charge is -2.22. The van der Waals surface area contributed by atoms with Crippen LogP contribution < -0.4 is 5.43 Å². The van der Waals surface area contributed by atoms with E-state index in [-0.39, 0.29) is 28.2 Å². The van der Waals surface area contributed by atoms with Crippen molar-refractivity contribution in [3.63, 3.8) is 0 Å². The molecular formula is C15H15F2NO3. The van der Waals surface area contributed by atoms with E-state index >= 15 is 0 Å². The Morgan fingerprint density at radius 1 is 1.33 bits per heavy atom. The van der Waals surface area contributed by atoms with Crippen LogP contribution >= 0.6 is 0 Å². The Labute approximate surface area is 119 Å². The Hall–Kier alpha value is -2.24. The number of nitrogens with zero attached hydrogens (tertiary/aromatic N) is 1. The highest BCUT2D eigenvalue weighted by atomic mass is 19.2. The second-order valence-corrected chi connectivity index (χ2v) is 5.02. The van der Waals surface area contributed by atoms with Gasteiger partial charge in [-0.15, -0.1) is 0 Å². The van der Waals surface area contributed by atoms with Gasteiger partial charge in [-0.25, -0.2) is 13.6 Å². The zero-order chi connectivity index (χ0) is 15.9. The maximum Gasteiger partial charge on any atom is 0.352 e. The molecule has 4 nitrogen and oxygen atoms in total. The van der Waals surface area contributed by atoms with Gasteiger partial charge in [0.2, 0.25) is 0 Å². The minimum Gasteiger partial charge on any atom is -0.477 e. The molecule has 21 heavy (non-hydrogen) atoms. The molecule has 1 heterocycles. The molecule has 1 aromatic carbocycles. The molecule has 0 spiro atoms. The maximum absolute atomic E-state index is 13.5. The van der Waals surface area contributed by atoms with Crippen LogP contribution in [0.4, 0.5) is 8.78 Å². The van der Waals surface area contributed by atoms with Gasteiger partial charge in [-0.3, -0.25) is 4.79 Å². The van der Waals surface area contributed by atoms with Gasteiger partial charge in [-0.1, -0.05) is 6.92 Å². The molecular weight excluding hydrogens is 280 g/mol. The lowest BCUT2D eigenvalue weighted by atomic mass is 10.1. The number of pyridine rings is 1. The number of halogens is 2. The molecule has 112 valence electrons. The molecule has 0 aliphatic heterocycles. The van der Waals surface area contributed by atoms with Gasteiger partial charge in [0.25, 0.3) is 0 Å². The van der Waals surface area contributed by atoms with Crippen LogP contribution in [-0.4, -0.2) is 15.6 Å². The smallest absolute Gasteiger partial charge is 0.352 e. The summed E-state index contributed by atoms with van der Waals surface area (Å²) in [5.74, 6) is -3.51. The number of aromatic carboxylic acids is 1. The van der Waals surface area contributed by atoms with E-state index < -0.39 is 23.0 Å². The molecule has 1 atom stereocenters. The van der Waals surface area contributed by atoms with Crippen LogP contribution in [0.15, 0.2) is 16.9 Å². The molecule has 0 fully saturated rings. The fraction of sp³-hybridized carbons (Fsp3) is 0.333. The fourth-order valence-electron chi connectivity index (χ4n) is 2.43. The van der Waals surface area contributed by atoms with Crippen molar-refractivity contribution in [1.29, 1.82) is 0 Å². The van der Waals surface area contributed by atoms with Crippen LogP contribution in [0.2, 0.25) is 0 Å². The number of benzene rings is 1. The molecule has 0 bridgehead atoms. The summed E-state index contributed by atoms with van der Waals surface area (Å²) >= 11 is 0. The van der Waals surface area contributed by atoms with Crippen molar-refractivity contribution in [3.05, 3.63) is 45.2 Å². The Morgan fingerprint density at radius 3 is 2.43 bits per heavy atom. The predicted octanol–water partition coefficient (Wildman–Crippen LogP) is 3.26. The van der Waals surface area contributed by atoms with Gasteiger partial charge in [0.15, 0.2) is 17.1 Å². The highest BCUT2D eigenvalue weighted by Crippen LogP contribution is 2.25. The van der Waals surface area contributed by atoms with Gasteiger partial charge in [0, 0.05) is 23.1 Å². The van der Waals surface area contributed by atoms with E-state index in [1.165, 1.54) is 11.5 Å². The van der Waals surface area contributed by atoms with Crippen LogP contribution in [0.25, 0.3) is 10.9 Å². The zero-order valence-corrected chi connectivity index (χ0v) is 11.9. The highest BCUT2D eigenvalue weighted by Gasteiger charge is 2.23. The van der Waals surface area contributed by atoms with E-state index in [9.17, 15) is 23.5 Å². The number of aromatic nitrogens is 1. The van der Waals surface area contributed by atoms with Crippen molar-refractivity contribution in [2.24, 2.45) is 0 Å². The summed E-state index contributed by atoms with van der Waals surface area (Å²) < 4.78 is 28.3. The molecule has 6 heteroatoms. The quantitative estimate of drug-likeness (QED) is 0.945. The molecule has 0 saturated heterocycles. The highest BCUT2D eigenvalue weighted by molar-refractivity contribution is 5.92. The van der Waals surface area contributed by atoms with Gasteiger partial charge < -0.3 is 9.67 Å². The van der Waals surface area contributed by atoms with Gasteiger partial charge in [0.1, 0.15) is 5.69 Å². The van der Waals surface area contributed by atoms with E-state index in [1.54, 1.807) is 6.92 Å². The summed E-state index contributed by atoms with van der Waals surface area (Å²) in [5.41, 5.74) is -0.675. The molecule has 2 rings (SSSR count). The Bertz CT molecular complexity index is 796. The molecule has 0 aliphatic carbocycles. The number of rotatable bonds is 3. The van der Waals surface area contributed by atoms with E-state index in [0.29, 0.717) is 6.42 Å². The lowest BCUT2D eigenvalue weighted by molar-refractivity contribution is 0.0681. The standard InChI is InChI=1S/C15H15F2NO3/c1-4-7(2)18-12-6-11(17)10(16)5-9(12)14(19)8(3)13(18)15(20)21/h5-7H,4H2,1-3H3,(H,20,21). The summed E-state index contributed by atoms with van der Waals surface area (Å²) in [6.07, 6.45) is 0.580. The normalized spacial score (nSPS) is 12.6. The van der Waals surface area contributed by atoms with Crippen molar-refractivity contribution >= 4 is 16.9 Å². The van der Waals surface area contributed by atoms with Crippen molar-refractivity contribution in [2.45, 2.75) is 33.2 Å². The third-order valence-corrected chi connectivity index (χ3v) is 3.71. The minimum atomic E-state index is -1.27. The van der Waals surface area contributed by atoms with Gasteiger partial charge in [-0.05, 0) is 26.3 Å². The number of fused-ring (bicyclic) bond motifs is 1. The third-order valence-electron chi connectivity index (χ3n) is 3.71. The molecule has 1 unspecified atom stereocenters. The SMILES string of the molecule is CCC(C)n1c(C(=O)O)c(C)c(=O)c2cc(F)c(F)cc21. The zero-order valence-electron chi connectivity index (χ0n) is 11.9. The van der Waals surface area contributed by atoms with E-state index in [0.717, 1.165) is 12.1 Å². The van der Waals surface area contributed by atoms with Gasteiger partial charge in [-0.2, -0.15) is 0 Å². The van der Waals surface area contributed by atoms with E-state index in [1.807, 2.05) is 6.92 Å². The third kappa shape index (κ3) is 2.30. The topological polar surface area (TPSA) is 59.3 Å². The number of carbonyl (C=O) groups is 1. The van der Waals surface area contributed by atoms with Crippen molar-refractivity contribution < 1.29 is 18.7 Å². The summed E-state index contributed by atoms with van der Waals surface area (Å²) in [5, 5.41) is 9.35. The first kappa shape index (κ1) is 15.2. The summed E-state index contributed by atoms with van der Waals surface area (Å²) in [4.78, 5) is 23.7.